The molecule has 1 aromatic heterocycles. The van der Waals surface area contributed by atoms with Crippen molar-refractivity contribution in [2.24, 2.45) is 0 Å². The lowest BCUT2D eigenvalue weighted by molar-refractivity contribution is 0.0193. The number of esters is 1. The smallest absolute Gasteiger partial charge is 0.359 e. The summed E-state index contributed by atoms with van der Waals surface area (Å²) in [5.74, 6) is -0.421. The number of hydrogen-bond acceptors (Lipinski definition) is 5. The summed E-state index contributed by atoms with van der Waals surface area (Å²) in [6.45, 7) is 4.59. The summed E-state index contributed by atoms with van der Waals surface area (Å²) in [7, 11) is 0. The monoisotopic (exact) mass is 433 g/mol. The van der Waals surface area contributed by atoms with Crippen molar-refractivity contribution in [3.8, 4) is 0 Å². The number of para-hydroxylation sites is 1. The lowest BCUT2D eigenvalue weighted by atomic mass is 10.2. The summed E-state index contributed by atoms with van der Waals surface area (Å²) >= 11 is 12.3. The Morgan fingerprint density at radius 3 is 2.72 bits per heavy atom. The van der Waals surface area contributed by atoms with E-state index < -0.39 is 5.97 Å². The zero-order valence-electron chi connectivity index (χ0n) is 15.8. The number of carbonyl (C=O) groups is 1. The van der Waals surface area contributed by atoms with Crippen molar-refractivity contribution in [2.45, 2.75) is 6.54 Å². The quantitative estimate of drug-likeness (QED) is 0.552. The first-order valence-electron chi connectivity index (χ1n) is 9.48. The van der Waals surface area contributed by atoms with Crippen molar-refractivity contribution in [3.63, 3.8) is 0 Å². The molecular formula is C21H21Cl2N3O3. The van der Waals surface area contributed by atoms with Gasteiger partial charge in [0.2, 0.25) is 0 Å². The molecular weight excluding hydrogens is 413 g/mol. The lowest BCUT2D eigenvalue weighted by Gasteiger charge is -2.26. The minimum atomic E-state index is -0.421. The number of morpholine rings is 1. The van der Waals surface area contributed by atoms with Gasteiger partial charge in [0.15, 0.2) is 5.69 Å². The van der Waals surface area contributed by atoms with E-state index in [0.29, 0.717) is 35.4 Å². The number of carbonyl (C=O) groups excluding carboxylic acids is 1. The van der Waals surface area contributed by atoms with Gasteiger partial charge in [-0.2, -0.15) is 5.10 Å². The van der Waals surface area contributed by atoms with Crippen LogP contribution in [0.25, 0.3) is 10.9 Å². The number of aromatic nitrogens is 2. The summed E-state index contributed by atoms with van der Waals surface area (Å²) in [6, 6.07) is 12.9. The number of rotatable bonds is 6. The highest BCUT2D eigenvalue weighted by atomic mass is 35.5. The van der Waals surface area contributed by atoms with Gasteiger partial charge in [-0.05, 0) is 23.8 Å². The standard InChI is InChI=1S/C21H21Cl2N3O3/c22-16-6-5-15(18(23)13-16)14-26-19-4-2-1-3-17(19)20(24-26)21(27)29-12-9-25-7-10-28-11-8-25/h1-6,13H,7-12,14H2. The van der Waals surface area contributed by atoms with Crippen LogP contribution in [0.15, 0.2) is 42.5 Å². The molecule has 3 aromatic rings. The first-order valence-corrected chi connectivity index (χ1v) is 10.2. The van der Waals surface area contributed by atoms with E-state index in [-0.39, 0.29) is 0 Å². The second kappa shape index (κ2) is 9.13. The predicted molar refractivity (Wildman–Crippen MR) is 113 cm³/mol. The topological polar surface area (TPSA) is 56.6 Å². The lowest BCUT2D eigenvalue weighted by Crippen LogP contribution is -2.38. The molecule has 8 heteroatoms. The Balaban J connectivity index is 1.51. The maximum absolute atomic E-state index is 12.7. The summed E-state index contributed by atoms with van der Waals surface area (Å²) in [6.07, 6.45) is 0. The van der Waals surface area contributed by atoms with E-state index in [1.165, 1.54) is 0 Å². The Labute approximate surface area is 178 Å². The number of halogens is 2. The third-order valence-corrected chi connectivity index (χ3v) is 5.52. The van der Waals surface area contributed by atoms with Crippen LogP contribution in [0, 0.1) is 0 Å². The molecule has 2 heterocycles. The maximum Gasteiger partial charge on any atom is 0.359 e. The van der Waals surface area contributed by atoms with Gasteiger partial charge >= 0.3 is 5.97 Å². The van der Waals surface area contributed by atoms with E-state index in [1.807, 2.05) is 30.3 Å². The molecule has 1 saturated heterocycles. The molecule has 6 nitrogen and oxygen atoms in total. The van der Waals surface area contributed by atoms with E-state index in [2.05, 4.69) is 10.00 Å². The van der Waals surface area contributed by atoms with Gasteiger partial charge in [-0.1, -0.05) is 47.5 Å². The number of nitrogens with zero attached hydrogens (tertiary/aromatic N) is 3. The molecule has 0 saturated carbocycles. The molecule has 4 rings (SSSR count). The molecule has 0 aliphatic carbocycles. The van der Waals surface area contributed by atoms with Gasteiger partial charge in [-0.3, -0.25) is 9.58 Å². The van der Waals surface area contributed by atoms with E-state index >= 15 is 0 Å². The second-order valence-corrected chi connectivity index (χ2v) is 7.69. The van der Waals surface area contributed by atoms with Gasteiger partial charge in [0.1, 0.15) is 6.61 Å². The Kier molecular flexibility index (Phi) is 6.35. The van der Waals surface area contributed by atoms with Crippen molar-refractivity contribution in [2.75, 3.05) is 39.5 Å². The highest BCUT2D eigenvalue weighted by molar-refractivity contribution is 6.35. The van der Waals surface area contributed by atoms with Gasteiger partial charge in [0, 0.05) is 35.1 Å². The van der Waals surface area contributed by atoms with Crippen LogP contribution in [0.2, 0.25) is 10.0 Å². The van der Waals surface area contributed by atoms with Crippen LogP contribution in [0.4, 0.5) is 0 Å². The fourth-order valence-corrected chi connectivity index (χ4v) is 3.84. The third kappa shape index (κ3) is 4.73. The fraction of sp³-hybridized carbons (Fsp3) is 0.333. The number of hydrogen-bond donors (Lipinski definition) is 0. The highest BCUT2D eigenvalue weighted by Crippen LogP contribution is 2.25. The molecule has 0 unspecified atom stereocenters. The van der Waals surface area contributed by atoms with Crippen LogP contribution < -0.4 is 0 Å². The first-order chi connectivity index (χ1) is 14.1. The van der Waals surface area contributed by atoms with Crippen LogP contribution in [-0.4, -0.2) is 60.1 Å². The SMILES string of the molecule is O=C(OCCN1CCOCC1)c1nn(Cc2ccc(Cl)cc2Cl)c2ccccc12. The van der Waals surface area contributed by atoms with Crippen LogP contribution in [0.3, 0.4) is 0 Å². The van der Waals surface area contributed by atoms with Gasteiger partial charge < -0.3 is 9.47 Å². The van der Waals surface area contributed by atoms with Crippen molar-refractivity contribution < 1.29 is 14.3 Å². The van der Waals surface area contributed by atoms with Crippen molar-refractivity contribution in [3.05, 3.63) is 63.8 Å². The van der Waals surface area contributed by atoms with Crippen molar-refractivity contribution in [1.82, 2.24) is 14.7 Å². The molecule has 1 aliphatic heterocycles. The highest BCUT2D eigenvalue weighted by Gasteiger charge is 2.19. The zero-order valence-corrected chi connectivity index (χ0v) is 17.3. The molecule has 0 N–H and O–H groups in total. The molecule has 0 spiro atoms. The molecule has 29 heavy (non-hydrogen) atoms. The minimum Gasteiger partial charge on any atom is -0.460 e. The summed E-state index contributed by atoms with van der Waals surface area (Å²) in [5.41, 5.74) is 2.03. The van der Waals surface area contributed by atoms with Gasteiger partial charge in [0.05, 0.1) is 25.3 Å². The second-order valence-electron chi connectivity index (χ2n) is 6.85. The average molecular weight is 434 g/mol. The molecule has 152 valence electrons. The van der Waals surface area contributed by atoms with Crippen LogP contribution in [0.1, 0.15) is 16.1 Å². The van der Waals surface area contributed by atoms with E-state index in [4.69, 9.17) is 32.7 Å². The molecule has 0 amide bonds. The average Bonchev–Trinajstić information content (AvgIpc) is 3.09. The Morgan fingerprint density at radius 2 is 1.93 bits per heavy atom. The molecule has 1 aliphatic rings. The predicted octanol–water partition coefficient (Wildman–Crippen LogP) is 3.88. The Morgan fingerprint density at radius 1 is 1.14 bits per heavy atom. The number of ether oxygens (including phenoxy) is 2. The fourth-order valence-electron chi connectivity index (χ4n) is 3.37. The van der Waals surface area contributed by atoms with Crippen LogP contribution in [-0.2, 0) is 16.0 Å². The van der Waals surface area contributed by atoms with Crippen LogP contribution >= 0.6 is 23.2 Å². The maximum atomic E-state index is 12.7. The van der Waals surface area contributed by atoms with E-state index in [1.54, 1.807) is 16.8 Å². The Hall–Kier alpha value is -2.12. The van der Waals surface area contributed by atoms with E-state index in [0.717, 1.165) is 42.8 Å². The van der Waals surface area contributed by atoms with Crippen LogP contribution in [0.5, 0.6) is 0 Å². The molecule has 0 bridgehead atoms. The largest absolute Gasteiger partial charge is 0.460 e. The molecule has 2 aromatic carbocycles. The van der Waals surface area contributed by atoms with Crippen molar-refractivity contribution >= 4 is 40.1 Å². The molecule has 1 fully saturated rings. The van der Waals surface area contributed by atoms with Gasteiger partial charge in [0.25, 0.3) is 0 Å². The number of fused-ring (bicyclic) bond motifs is 1. The van der Waals surface area contributed by atoms with Gasteiger partial charge in [-0.15, -0.1) is 0 Å². The Bertz CT molecular complexity index is 1020. The van der Waals surface area contributed by atoms with E-state index in [9.17, 15) is 4.79 Å². The van der Waals surface area contributed by atoms with Gasteiger partial charge in [-0.25, -0.2) is 4.79 Å². The normalized spacial score (nSPS) is 15.0. The third-order valence-electron chi connectivity index (χ3n) is 4.93. The zero-order chi connectivity index (χ0) is 20.2. The minimum absolute atomic E-state index is 0.313. The molecule has 0 radical (unpaired) electrons. The number of benzene rings is 2. The summed E-state index contributed by atoms with van der Waals surface area (Å²) < 4.78 is 12.6. The van der Waals surface area contributed by atoms with Crippen molar-refractivity contribution in [1.29, 1.82) is 0 Å². The molecule has 0 atom stereocenters. The summed E-state index contributed by atoms with van der Waals surface area (Å²) in [5, 5.41) is 6.43. The summed E-state index contributed by atoms with van der Waals surface area (Å²) in [4.78, 5) is 14.9. The first kappa shape index (κ1) is 20.2.